The highest BCUT2D eigenvalue weighted by atomic mass is 27.0. The van der Waals surface area contributed by atoms with Crippen LogP contribution < -0.4 is 0 Å². The van der Waals surface area contributed by atoms with Gasteiger partial charge in [-0.1, -0.05) is 27.7 Å². The highest BCUT2D eigenvalue weighted by Gasteiger charge is 2.15. The first kappa shape index (κ1) is 16.4. The Morgan fingerprint density at radius 1 is 1.07 bits per heavy atom. The maximum atomic E-state index is 10.6. The van der Waals surface area contributed by atoms with Crippen molar-refractivity contribution < 1.29 is 9.90 Å². The van der Waals surface area contributed by atoms with Gasteiger partial charge in [-0.15, -0.1) is 0 Å². The van der Waals surface area contributed by atoms with E-state index in [9.17, 15) is 4.79 Å². The molecule has 0 rings (SSSR count). The van der Waals surface area contributed by atoms with Crippen LogP contribution in [-0.4, -0.2) is 28.4 Å². The second-order valence-electron chi connectivity index (χ2n) is 4.72. The lowest BCUT2D eigenvalue weighted by Crippen LogP contribution is -2.12. The average molecular weight is 216 g/mol. The zero-order chi connectivity index (χ0) is 10.4. The summed E-state index contributed by atoms with van der Waals surface area (Å²) >= 11 is 0. The van der Waals surface area contributed by atoms with Crippen molar-refractivity contribution in [1.29, 1.82) is 0 Å². The fraction of sp³-hybridized carbons (Fsp3) is 0.909. The van der Waals surface area contributed by atoms with Crippen LogP contribution in [0, 0.1) is 17.8 Å². The van der Waals surface area contributed by atoms with Crippen LogP contribution in [0.15, 0.2) is 0 Å². The van der Waals surface area contributed by atoms with E-state index >= 15 is 0 Å². The number of hydrogen-bond donors (Lipinski definition) is 1. The molecule has 0 fully saturated rings. The molecule has 2 nitrogen and oxygen atoms in total. The quantitative estimate of drug-likeness (QED) is 0.689. The monoisotopic (exact) mass is 216 g/mol. The van der Waals surface area contributed by atoms with E-state index in [1.165, 1.54) is 0 Å². The smallest absolute Gasteiger partial charge is 0.303 e. The summed E-state index contributed by atoms with van der Waals surface area (Å²) in [5.41, 5.74) is 0. The second kappa shape index (κ2) is 8.32. The third kappa shape index (κ3) is 10.1. The van der Waals surface area contributed by atoms with Crippen molar-refractivity contribution in [3.05, 3.63) is 0 Å². The van der Waals surface area contributed by atoms with Gasteiger partial charge in [0.15, 0.2) is 17.4 Å². The van der Waals surface area contributed by atoms with Gasteiger partial charge in [-0.05, 0) is 30.6 Å². The molecule has 84 valence electrons. The van der Waals surface area contributed by atoms with Gasteiger partial charge >= 0.3 is 5.97 Å². The number of carboxylic acids is 1. The van der Waals surface area contributed by atoms with Gasteiger partial charge in [0.05, 0.1) is 0 Å². The van der Waals surface area contributed by atoms with Crippen molar-refractivity contribution in [2.45, 2.75) is 47.0 Å². The standard InChI is InChI=1S/C11H22O2.Al.3H/c1-8(2)5-10(6-9(3)4)7-11(12)13;;;;/h8-10H,5-7H2,1-4H3,(H,12,13);;;;. The Bertz CT molecular complexity index is 145. The van der Waals surface area contributed by atoms with E-state index in [1.807, 2.05) is 0 Å². The fourth-order valence-electron chi connectivity index (χ4n) is 1.84. The number of carboxylic acid groups (broad SMARTS) is 1. The molecule has 0 aliphatic carbocycles. The molecule has 0 radical (unpaired) electrons. The van der Waals surface area contributed by atoms with E-state index < -0.39 is 5.97 Å². The van der Waals surface area contributed by atoms with E-state index in [0.717, 1.165) is 12.8 Å². The second-order valence-corrected chi connectivity index (χ2v) is 4.72. The topological polar surface area (TPSA) is 37.3 Å². The van der Waals surface area contributed by atoms with Crippen molar-refractivity contribution in [2.24, 2.45) is 17.8 Å². The third-order valence-electron chi connectivity index (χ3n) is 2.07. The molecular formula is C11H25AlO2. The molecule has 14 heavy (non-hydrogen) atoms. The number of carbonyl (C=O) groups is 1. The van der Waals surface area contributed by atoms with E-state index in [1.54, 1.807) is 0 Å². The van der Waals surface area contributed by atoms with Crippen molar-refractivity contribution in [3.63, 3.8) is 0 Å². The predicted molar refractivity (Wildman–Crippen MR) is 64.6 cm³/mol. The minimum Gasteiger partial charge on any atom is -0.481 e. The number of rotatable bonds is 6. The van der Waals surface area contributed by atoms with E-state index in [-0.39, 0.29) is 17.4 Å². The lowest BCUT2D eigenvalue weighted by Gasteiger charge is -2.18. The minimum atomic E-state index is -0.661. The summed E-state index contributed by atoms with van der Waals surface area (Å²) in [6.07, 6.45) is 2.39. The third-order valence-corrected chi connectivity index (χ3v) is 2.07. The van der Waals surface area contributed by atoms with Gasteiger partial charge < -0.3 is 5.11 Å². The summed E-state index contributed by atoms with van der Waals surface area (Å²) in [5, 5.41) is 8.71. The first-order valence-corrected chi connectivity index (χ1v) is 5.13. The predicted octanol–water partition coefficient (Wildman–Crippen LogP) is 1.99. The van der Waals surface area contributed by atoms with Crippen LogP contribution >= 0.6 is 0 Å². The Balaban J connectivity index is 0. The molecule has 0 aromatic heterocycles. The van der Waals surface area contributed by atoms with Gasteiger partial charge in [-0.2, -0.15) is 0 Å². The average Bonchev–Trinajstić information content (AvgIpc) is 1.80. The van der Waals surface area contributed by atoms with Gasteiger partial charge in [0.2, 0.25) is 0 Å². The maximum Gasteiger partial charge on any atom is 0.303 e. The number of hydrogen-bond acceptors (Lipinski definition) is 1. The first-order chi connectivity index (χ1) is 5.91. The molecule has 0 aliphatic rings. The lowest BCUT2D eigenvalue weighted by atomic mass is 9.87. The SMILES string of the molecule is CC(C)CC(CC(=O)O)CC(C)C.[AlH3]. The number of aliphatic carboxylic acids is 1. The largest absolute Gasteiger partial charge is 0.481 e. The van der Waals surface area contributed by atoms with Crippen LogP contribution in [0.2, 0.25) is 0 Å². The molecule has 1 N–H and O–H groups in total. The Hall–Kier alpha value is 0.00247. The summed E-state index contributed by atoms with van der Waals surface area (Å²) < 4.78 is 0. The molecule has 0 unspecified atom stereocenters. The van der Waals surface area contributed by atoms with Crippen LogP contribution in [0.25, 0.3) is 0 Å². The van der Waals surface area contributed by atoms with Crippen LogP contribution in [-0.2, 0) is 4.79 Å². The molecule has 0 aromatic carbocycles. The van der Waals surface area contributed by atoms with Crippen LogP contribution in [0.3, 0.4) is 0 Å². The Morgan fingerprint density at radius 3 is 1.64 bits per heavy atom. The lowest BCUT2D eigenvalue weighted by molar-refractivity contribution is -0.138. The molecule has 0 aliphatic heterocycles. The van der Waals surface area contributed by atoms with Crippen molar-refractivity contribution in [2.75, 3.05) is 0 Å². The highest BCUT2D eigenvalue weighted by molar-refractivity contribution is 5.75. The van der Waals surface area contributed by atoms with Crippen LogP contribution in [0.5, 0.6) is 0 Å². The van der Waals surface area contributed by atoms with Crippen LogP contribution in [0.4, 0.5) is 0 Å². The van der Waals surface area contributed by atoms with E-state index in [4.69, 9.17) is 5.11 Å². The molecule has 0 aromatic rings. The summed E-state index contributed by atoms with van der Waals surface area (Å²) in [5.74, 6) is 0.898. The molecule has 0 spiro atoms. The molecule has 0 atom stereocenters. The Labute approximate surface area is 98.2 Å². The first-order valence-electron chi connectivity index (χ1n) is 5.13. The molecule has 0 saturated heterocycles. The fourth-order valence-corrected chi connectivity index (χ4v) is 1.84. The molecule has 3 heteroatoms. The van der Waals surface area contributed by atoms with Crippen molar-refractivity contribution in [3.8, 4) is 0 Å². The normalized spacial score (nSPS) is 10.8. The van der Waals surface area contributed by atoms with Gasteiger partial charge in [0.25, 0.3) is 0 Å². The van der Waals surface area contributed by atoms with Crippen LogP contribution in [0.1, 0.15) is 47.0 Å². The van der Waals surface area contributed by atoms with Gasteiger partial charge in [-0.25, -0.2) is 0 Å². The maximum absolute atomic E-state index is 10.6. The Morgan fingerprint density at radius 2 is 1.43 bits per heavy atom. The summed E-state index contributed by atoms with van der Waals surface area (Å²) in [6, 6.07) is 0. The summed E-state index contributed by atoms with van der Waals surface area (Å²) in [4.78, 5) is 10.6. The van der Waals surface area contributed by atoms with E-state index in [0.29, 0.717) is 24.2 Å². The summed E-state index contributed by atoms with van der Waals surface area (Å²) in [7, 11) is 0. The van der Waals surface area contributed by atoms with Gasteiger partial charge in [-0.3, -0.25) is 4.79 Å². The van der Waals surface area contributed by atoms with Crippen molar-refractivity contribution >= 4 is 23.3 Å². The molecule has 0 heterocycles. The minimum absolute atomic E-state index is 0. The van der Waals surface area contributed by atoms with Gasteiger partial charge in [0, 0.05) is 6.42 Å². The molecule has 0 amide bonds. The summed E-state index contributed by atoms with van der Waals surface area (Å²) in [6.45, 7) is 8.59. The van der Waals surface area contributed by atoms with E-state index in [2.05, 4.69) is 27.7 Å². The van der Waals surface area contributed by atoms with Crippen molar-refractivity contribution in [1.82, 2.24) is 0 Å². The Kier molecular flexibility index (Phi) is 9.77. The molecule has 0 saturated carbocycles. The molecular weight excluding hydrogens is 191 g/mol. The zero-order valence-electron chi connectivity index (χ0n) is 9.21. The van der Waals surface area contributed by atoms with Gasteiger partial charge in [0.1, 0.15) is 0 Å². The molecule has 0 bridgehead atoms. The zero-order valence-corrected chi connectivity index (χ0v) is 9.21. The highest BCUT2D eigenvalue weighted by Crippen LogP contribution is 2.22.